The maximum absolute atomic E-state index is 11.9. The molecule has 0 aromatic heterocycles. The topological polar surface area (TPSA) is 98.7 Å². The number of hydrogen-bond acceptors (Lipinski definition) is 5. The lowest BCUT2D eigenvalue weighted by Gasteiger charge is -2.13. The Morgan fingerprint density at radius 3 is 2.38 bits per heavy atom. The van der Waals surface area contributed by atoms with E-state index in [9.17, 15) is 14.4 Å². The van der Waals surface area contributed by atoms with Gasteiger partial charge in [-0.1, -0.05) is 0 Å². The highest BCUT2D eigenvalue weighted by atomic mass is 16.3. The van der Waals surface area contributed by atoms with Crippen LogP contribution in [0.3, 0.4) is 0 Å². The third kappa shape index (κ3) is 3.46. The van der Waals surface area contributed by atoms with Gasteiger partial charge in [0.25, 0.3) is 11.8 Å². The molecule has 0 radical (unpaired) electrons. The maximum Gasteiger partial charge on any atom is 0.277 e. The Morgan fingerprint density at radius 1 is 1.19 bits per heavy atom. The summed E-state index contributed by atoms with van der Waals surface area (Å²) in [5.74, 6) is -1.10. The Labute approximate surface area is 121 Å². The number of imide groups is 1. The van der Waals surface area contributed by atoms with E-state index in [2.05, 4.69) is 10.6 Å². The zero-order chi connectivity index (χ0) is 15.4. The second-order valence-electron chi connectivity index (χ2n) is 4.46. The molecular weight excluding hydrogens is 274 g/mol. The highest BCUT2D eigenvalue weighted by molar-refractivity contribution is 6.17. The van der Waals surface area contributed by atoms with Crippen molar-refractivity contribution < 1.29 is 19.5 Å². The largest absolute Gasteiger partial charge is 0.395 e. The van der Waals surface area contributed by atoms with E-state index >= 15 is 0 Å². The van der Waals surface area contributed by atoms with Crippen molar-refractivity contribution in [1.29, 1.82) is 0 Å². The van der Waals surface area contributed by atoms with Crippen LogP contribution >= 0.6 is 0 Å². The molecular formula is C14H15N3O4. The number of nitrogens with zero attached hydrogens (tertiary/aromatic N) is 1. The molecule has 3 N–H and O–H groups in total. The summed E-state index contributed by atoms with van der Waals surface area (Å²) in [6.45, 7) is 1.11. The summed E-state index contributed by atoms with van der Waals surface area (Å²) < 4.78 is 0. The third-order valence-corrected chi connectivity index (χ3v) is 2.82. The van der Waals surface area contributed by atoms with Gasteiger partial charge in [-0.05, 0) is 24.3 Å². The summed E-state index contributed by atoms with van der Waals surface area (Å²) in [5.41, 5.74) is 1.40. The van der Waals surface area contributed by atoms with E-state index in [0.717, 1.165) is 4.90 Å². The number of carbonyl (C=O) groups excluding carboxylic acids is 3. The molecule has 21 heavy (non-hydrogen) atoms. The van der Waals surface area contributed by atoms with Gasteiger partial charge in [0.1, 0.15) is 5.70 Å². The lowest BCUT2D eigenvalue weighted by Crippen LogP contribution is -2.34. The molecule has 0 spiro atoms. The van der Waals surface area contributed by atoms with E-state index in [1.54, 1.807) is 24.3 Å². The number of nitrogens with one attached hydrogen (secondary N) is 2. The summed E-state index contributed by atoms with van der Waals surface area (Å²) in [4.78, 5) is 35.4. The molecule has 1 aromatic rings. The monoisotopic (exact) mass is 289 g/mol. The molecule has 7 heteroatoms. The number of carbonyl (C=O) groups is 3. The van der Waals surface area contributed by atoms with E-state index in [0.29, 0.717) is 11.4 Å². The van der Waals surface area contributed by atoms with Crippen molar-refractivity contribution in [1.82, 2.24) is 4.90 Å². The van der Waals surface area contributed by atoms with Crippen LogP contribution < -0.4 is 10.6 Å². The van der Waals surface area contributed by atoms with Crippen LogP contribution in [0.15, 0.2) is 36.0 Å². The second kappa shape index (κ2) is 6.19. The molecule has 1 aromatic carbocycles. The molecule has 3 amide bonds. The minimum absolute atomic E-state index is 0.0270. The number of β-amino-alcohol motifs (C(OH)–C–C–N with tert-alkyl or cyclic N) is 1. The van der Waals surface area contributed by atoms with E-state index in [1.807, 2.05) is 0 Å². The molecule has 1 aliphatic heterocycles. The molecule has 0 unspecified atom stereocenters. The minimum atomic E-state index is -0.472. The summed E-state index contributed by atoms with van der Waals surface area (Å²) in [6.07, 6.45) is 1.19. The predicted molar refractivity (Wildman–Crippen MR) is 76.3 cm³/mol. The Kier molecular flexibility index (Phi) is 4.34. The predicted octanol–water partition coefficient (Wildman–Crippen LogP) is 0.302. The smallest absolute Gasteiger partial charge is 0.277 e. The fourth-order valence-corrected chi connectivity index (χ4v) is 1.91. The van der Waals surface area contributed by atoms with Crippen LogP contribution in [0.25, 0.3) is 0 Å². The van der Waals surface area contributed by atoms with Crippen LogP contribution in [0.5, 0.6) is 0 Å². The third-order valence-electron chi connectivity index (χ3n) is 2.82. The van der Waals surface area contributed by atoms with Crippen molar-refractivity contribution in [3.63, 3.8) is 0 Å². The molecule has 0 saturated carbocycles. The molecule has 7 nitrogen and oxygen atoms in total. The second-order valence-corrected chi connectivity index (χ2v) is 4.46. The van der Waals surface area contributed by atoms with Gasteiger partial charge < -0.3 is 15.7 Å². The number of anilines is 2. The van der Waals surface area contributed by atoms with Crippen molar-refractivity contribution in [3.8, 4) is 0 Å². The van der Waals surface area contributed by atoms with Gasteiger partial charge in [0, 0.05) is 24.4 Å². The van der Waals surface area contributed by atoms with Crippen molar-refractivity contribution in [2.24, 2.45) is 0 Å². The molecule has 2 rings (SSSR count). The van der Waals surface area contributed by atoms with Crippen molar-refractivity contribution >= 4 is 29.1 Å². The van der Waals surface area contributed by atoms with Crippen LogP contribution in [0.4, 0.5) is 11.4 Å². The fraction of sp³-hybridized carbons (Fsp3) is 0.214. The van der Waals surface area contributed by atoms with Gasteiger partial charge in [-0.15, -0.1) is 0 Å². The standard InChI is InChI=1S/C14H15N3O4/c1-9(19)15-10-2-4-11(5-3-10)16-12-8-13(20)17(6-7-18)14(12)21/h2-5,8,16,18H,6-7H2,1H3,(H,15,19). The first-order valence-corrected chi connectivity index (χ1v) is 6.34. The number of amides is 3. The molecule has 0 fully saturated rings. The highest BCUT2D eigenvalue weighted by Gasteiger charge is 2.30. The van der Waals surface area contributed by atoms with Crippen LogP contribution in [0, 0.1) is 0 Å². The van der Waals surface area contributed by atoms with Crippen molar-refractivity contribution in [2.45, 2.75) is 6.92 Å². The highest BCUT2D eigenvalue weighted by Crippen LogP contribution is 2.19. The normalized spacial score (nSPS) is 14.2. The molecule has 1 aliphatic rings. The van der Waals surface area contributed by atoms with E-state index in [4.69, 9.17) is 5.11 Å². The summed E-state index contributed by atoms with van der Waals surface area (Å²) in [5, 5.41) is 14.3. The lowest BCUT2D eigenvalue weighted by molar-refractivity contribution is -0.137. The Balaban J connectivity index is 2.05. The molecule has 0 bridgehead atoms. The van der Waals surface area contributed by atoms with Gasteiger partial charge in [-0.3, -0.25) is 19.3 Å². The molecule has 110 valence electrons. The molecule has 0 saturated heterocycles. The van der Waals surface area contributed by atoms with Crippen LogP contribution in [-0.2, 0) is 14.4 Å². The number of aliphatic hydroxyl groups excluding tert-OH is 1. The summed E-state index contributed by atoms with van der Waals surface area (Å²) in [7, 11) is 0. The average Bonchev–Trinajstić information content (AvgIpc) is 2.69. The number of aliphatic hydroxyl groups is 1. The first-order chi connectivity index (χ1) is 10.0. The zero-order valence-corrected chi connectivity index (χ0v) is 11.4. The van der Waals surface area contributed by atoms with Crippen LogP contribution in [0.2, 0.25) is 0 Å². The number of hydrogen-bond donors (Lipinski definition) is 3. The summed E-state index contributed by atoms with van der Waals surface area (Å²) in [6, 6.07) is 6.71. The van der Waals surface area contributed by atoms with Gasteiger partial charge in [-0.2, -0.15) is 0 Å². The van der Waals surface area contributed by atoms with Crippen molar-refractivity contribution in [3.05, 3.63) is 36.0 Å². The molecule has 0 atom stereocenters. The molecule has 1 heterocycles. The number of benzene rings is 1. The zero-order valence-electron chi connectivity index (χ0n) is 11.4. The van der Waals surface area contributed by atoms with Gasteiger partial charge in [-0.25, -0.2) is 0 Å². The first kappa shape index (κ1) is 14.7. The van der Waals surface area contributed by atoms with E-state index < -0.39 is 11.8 Å². The van der Waals surface area contributed by atoms with Crippen LogP contribution in [-0.4, -0.2) is 40.9 Å². The van der Waals surface area contributed by atoms with Crippen LogP contribution in [0.1, 0.15) is 6.92 Å². The van der Waals surface area contributed by atoms with Crippen molar-refractivity contribution in [2.75, 3.05) is 23.8 Å². The number of rotatable bonds is 5. The first-order valence-electron chi connectivity index (χ1n) is 6.34. The van der Waals surface area contributed by atoms with Gasteiger partial charge in [0.05, 0.1) is 13.2 Å². The average molecular weight is 289 g/mol. The Hall–Kier alpha value is -2.67. The molecule has 0 aliphatic carbocycles. The lowest BCUT2D eigenvalue weighted by atomic mass is 10.2. The van der Waals surface area contributed by atoms with E-state index in [-0.39, 0.29) is 24.8 Å². The Morgan fingerprint density at radius 2 is 1.81 bits per heavy atom. The van der Waals surface area contributed by atoms with Gasteiger partial charge in [0.2, 0.25) is 5.91 Å². The Bertz CT molecular complexity index is 607. The van der Waals surface area contributed by atoms with E-state index in [1.165, 1.54) is 13.0 Å². The summed E-state index contributed by atoms with van der Waals surface area (Å²) >= 11 is 0. The quantitative estimate of drug-likeness (QED) is 0.677. The maximum atomic E-state index is 11.9. The minimum Gasteiger partial charge on any atom is -0.395 e. The fourth-order valence-electron chi connectivity index (χ4n) is 1.91. The van der Waals surface area contributed by atoms with Gasteiger partial charge >= 0.3 is 0 Å². The van der Waals surface area contributed by atoms with Gasteiger partial charge in [0.15, 0.2) is 0 Å². The SMILES string of the molecule is CC(=O)Nc1ccc(NC2=CC(=O)N(CCO)C2=O)cc1.